The van der Waals surface area contributed by atoms with Crippen LogP contribution in [-0.4, -0.2) is 23.2 Å². The lowest BCUT2D eigenvalue weighted by atomic mass is 10.0. The number of carbonyl (C=O) groups is 2. The first kappa shape index (κ1) is 17.5. The second-order valence-corrected chi connectivity index (χ2v) is 5.72. The van der Waals surface area contributed by atoms with Crippen molar-refractivity contribution < 1.29 is 19.4 Å². The second kappa shape index (κ2) is 8.15. The van der Waals surface area contributed by atoms with E-state index in [0.717, 1.165) is 22.3 Å². The van der Waals surface area contributed by atoms with Crippen LogP contribution in [-0.2, 0) is 22.6 Å². The summed E-state index contributed by atoms with van der Waals surface area (Å²) < 4.78 is 5.08. The van der Waals surface area contributed by atoms with Gasteiger partial charge in [-0.05, 0) is 36.1 Å². The summed E-state index contributed by atoms with van der Waals surface area (Å²) >= 11 is 0. The molecule has 5 nitrogen and oxygen atoms in total. The fraction of sp³-hybridized carbons (Fsp3) is 0.263. The number of carbonyl (C=O) groups excluding carboxylic acids is 1. The number of aliphatic carboxylic acids is 1. The van der Waals surface area contributed by atoms with Crippen LogP contribution in [0.3, 0.4) is 0 Å². The molecule has 2 rings (SSSR count). The summed E-state index contributed by atoms with van der Waals surface area (Å²) in [5.74, 6) is -1.09. The number of aryl methyl sites for hydroxylation is 2. The number of nitrogens with one attached hydrogen (secondary N) is 1. The lowest BCUT2D eigenvalue weighted by Gasteiger charge is -2.15. The van der Waals surface area contributed by atoms with Gasteiger partial charge in [0.25, 0.3) is 0 Å². The first-order valence-electron chi connectivity index (χ1n) is 7.72. The molecule has 0 saturated carbocycles. The molecule has 0 radical (unpaired) electrons. The zero-order valence-corrected chi connectivity index (χ0v) is 13.8. The Balaban J connectivity index is 1.93. The van der Waals surface area contributed by atoms with E-state index in [1.54, 1.807) is 0 Å². The molecule has 0 aliphatic heterocycles. The molecule has 0 aliphatic carbocycles. The number of carboxylic acids is 1. The van der Waals surface area contributed by atoms with Gasteiger partial charge < -0.3 is 15.2 Å². The molecule has 1 amide bonds. The lowest BCUT2D eigenvalue weighted by molar-refractivity contribution is -0.139. The number of benzene rings is 2. The highest BCUT2D eigenvalue weighted by molar-refractivity contribution is 5.80. The number of alkyl carbamates (subject to hydrolysis) is 1. The van der Waals surface area contributed by atoms with Crippen molar-refractivity contribution in [2.75, 3.05) is 0 Å². The highest BCUT2D eigenvalue weighted by Gasteiger charge is 2.21. The molecule has 0 aliphatic rings. The lowest BCUT2D eigenvalue weighted by Crippen LogP contribution is -2.42. The minimum Gasteiger partial charge on any atom is -0.480 e. The van der Waals surface area contributed by atoms with Crippen LogP contribution in [0.25, 0.3) is 0 Å². The predicted molar refractivity (Wildman–Crippen MR) is 90.8 cm³/mol. The molecule has 5 heteroatoms. The van der Waals surface area contributed by atoms with E-state index in [9.17, 15) is 14.7 Å². The molecule has 2 N–H and O–H groups in total. The Kier molecular flexibility index (Phi) is 5.95. The van der Waals surface area contributed by atoms with Crippen molar-refractivity contribution in [2.24, 2.45) is 0 Å². The van der Waals surface area contributed by atoms with Crippen LogP contribution in [0.1, 0.15) is 22.3 Å². The Hall–Kier alpha value is -2.82. The quantitative estimate of drug-likeness (QED) is 0.854. The Labute approximate surface area is 141 Å². The standard InChI is InChI=1S/C19H21NO4/c1-13-8-9-16(10-14(13)2)11-17(18(21)22)20-19(23)24-12-15-6-4-3-5-7-15/h3-10,17H,11-12H2,1-2H3,(H,20,23)(H,21,22). The average molecular weight is 327 g/mol. The number of amides is 1. The summed E-state index contributed by atoms with van der Waals surface area (Å²) in [6.07, 6.45) is -0.535. The van der Waals surface area contributed by atoms with E-state index in [-0.39, 0.29) is 13.0 Å². The molecule has 2 aromatic rings. The Morgan fingerprint density at radius 2 is 1.75 bits per heavy atom. The fourth-order valence-electron chi connectivity index (χ4n) is 2.27. The van der Waals surface area contributed by atoms with E-state index < -0.39 is 18.1 Å². The summed E-state index contributed by atoms with van der Waals surface area (Å²) in [5, 5.41) is 11.7. The van der Waals surface area contributed by atoms with Crippen molar-refractivity contribution >= 4 is 12.1 Å². The number of carboxylic acid groups (broad SMARTS) is 1. The second-order valence-electron chi connectivity index (χ2n) is 5.72. The van der Waals surface area contributed by atoms with Crippen molar-refractivity contribution in [3.8, 4) is 0 Å². The largest absolute Gasteiger partial charge is 0.480 e. The first-order valence-corrected chi connectivity index (χ1v) is 7.72. The Bertz CT molecular complexity index is 713. The third kappa shape index (κ3) is 5.12. The smallest absolute Gasteiger partial charge is 0.408 e. The molecule has 24 heavy (non-hydrogen) atoms. The van der Waals surface area contributed by atoms with E-state index in [0.29, 0.717) is 0 Å². The maximum absolute atomic E-state index is 11.8. The third-order valence-electron chi connectivity index (χ3n) is 3.81. The van der Waals surface area contributed by atoms with Crippen LogP contribution in [0.2, 0.25) is 0 Å². The van der Waals surface area contributed by atoms with Gasteiger partial charge in [0.15, 0.2) is 0 Å². The van der Waals surface area contributed by atoms with Crippen LogP contribution >= 0.6 is 0 Å². The summed E-state index contributed by atoms with van der Waals surface area (Å²) in [6.45, 7) is 4.06. The first-order chi connectivity index (χ1) is 11.5. The zero-order valence-electron chi connectivity index (χ0n) is 13.8. The number of hydrogen-bond acceptors (Lipinski definition) is 3. The van der Waals surface area contributed by atoms with Gasteiger partial charge in [-0.15, -0.1) is 0 Å². The number of ether oxygens (including phenoxy) is 1. The molecule has 0 spiro atoms. The number of hydrogen-bond donors (Lipinski definition) is 2. The third-order valence-corrected chi connectivity index (χ3v) is 3.81. The molecule has 0 bridgehead atoms. The van der Waals surface area contributed by atoms with Gasteiger partial charge in [0.2, 0.25) is 0 Å². The van der Waals surface area contributed by atoms with Crippen LogP contribution in [0, 0.1) is 13.8 Å². The van der Waals surface area contributed by atoms with E-state index in [1.807, 2.05) is 62.4 Å². The maximum atomic E-state index is 11.8. The monoisotopic (exact) mass is 327 g/mol. The van der Waals surface area contributed by atoms with Crippen molar-refractivity contribution in [3.05, 3.63) is 70.8 Å². The summed E-state index contributed by atoms with van der Waals surface area (Å²) in [6, 6.07) is 13.9. The Morgan fingerprint density at radius 1 is 1.04 bits per heavy atom. The number of rotatable bonds is 6. The molecule has 126 valence electrons. The maximum Gasteiger partial charge on any atom is 0.408 e. The highest BCUT2D eigenvalue weighted by Crippen LogP contribution is 2.12. The molecule has 0 heterocycles. The Morgan fingerprint density at radius 3 is 2.38 bits per heavy atom. The summed E-state index contributed by atoms with van der Waals surface area (Å²) in [5.41, 5.74) is 3.92. The van der Waals surface area contributed by atoms with Crippen LogP contribution in [0.15, 0.2) is 48.5 Å². The molecule has 1 atom stereocenters. The molecule has 2 aromatic carbocycles. The van der Waals surface area contributed by atoms with Crippen molar-refractivity contribution in [2.45, 2.75) is 32.9 Å². The van der Waals surface area contributed by atoms with Gasteiger partial charge in [-0.1, -0.05) is 48.5 Å². The summed E-state index contributed by atoms with van der Waals surface area (Å²) in [4.78, 5) is 23.2. The topological polar surface area (TPSA) is 75.6 Å². The van der Waals surface area contributed by atoms with Gasteiger partial charge >= 0.3 is 12.1 Å². The minimum atomic E-state index is -1.09. The molecule has 0 saturated heterocycles. The molecule has 0 fully saturated rings. The molecular formula is C19H21NO4. The molecule has 0 aromatic heterocycles. The van der Waals surface area contributed by atoms with Gasteiger partial charge in [-0.3, -0.25) is 0 Å². The summed E-state index contributed by atoms with van der Waals surface area (Å²) in [7, 11) is 0. The van der Waals surface area contributed by atoms with Gasteiger partial charge in [0.1, 0.15) is 12.6 Å². The van der Waals surface area contributed by atoms with Crippen molar-refractivity contribution in [1.82, 2.24) is 5.32 Å². The average Bonchev–Trinajstić information content (AvgIpc) is 2.56. The van der Waals surface area contributed by atoms with Gasteiger partial charge in [0, 0.05) is 6.42 Å². The molecule has 1 unspecified atom stereocenters. The normalized spacial score (nSPS) is 11.6. The van der Waals surface area contributed by atoms with E-state index in [2.05, 4.69) is 5.32 Å². The van der Waals surface area contributed by atoms with Crippen LogP contribution < -0.4 is 5.32 Å². The minimum absolute atomic E-state index is 0.0999. The van der Waals surface area contributed by atoms with Gasteiger partial charge in [-0.25, -0.2) is 9.59 Å². The zero-order chi connectivity index (χ0) is 17.5. The molecular weight excluding hydrogens is 306 g/mol. The van der Waals surface area contributed by atoms with Crippen molar-refractivity contribution in [1.29, 1.82) is 0 Å². The highest BCUT2D eigenvalue weighted by atomic mass is 16.5. The SMILES string of the molecule is Cc1ccc(CC(NC(=O)OCc2ccccc2)C(=O)O)cc1C. The van der Waals surface area contributed by atoms with E-state index in [1.165, 1.54) is 0 Å². The fourth-order valence-corrected chi connectivity index (χ4v) is 2.27. The van der Waals surface area contributed by atoms with Crippen LogP contribution in [0.4, 0.5) is 4.79 Å². The predicted octanol–water partition coefficient (Wildman–Crippen LogP) is 3.23. The van der Waals surface area contributed by atoms with Crippen LogP contribution in [0.5, 0.6) is 0 Å². The van der Waals surface area contributed by atoms with E-state index in [4.69, 9.17) is 4.74 Å². The van der Waals surface area contributed by atoms with Gasteiger partial charge in [-0.2, -0.15) is 0 Å². The van der Waals surface area contributed by atoms with Crippen molar-refractivity contribution in [3.63, 3.8) is 0 Å². The van der Waals surface area contributed by atoms with Gasteiger partial charge in [0.05, 0.1) is 0 Å². The van der Waals surface area contributed by atoms with E-state index >= 15 is 0 Å².